The minimum absolute atomic E-state index is 0.176. The van der Waals surface area contributed by atoms with Crippen LogP contribution in [-0.4, -0.2) is 75.6 Å². The number of alkyl halides is 1. The zero-order valence-electron chi connectivity index (χ0n) is 20.9. The van der Waals surface area contributed by atoms with Crippen molar-refractivity contribution < 1.29 is 19.0 Å². The second kappa shape index (κ2) is 11.6. The Bertz CT molecular complexity index is 1390. The molecule has 1 saturated heterocycles. The van der Waals surface area contributed by atoms with Gasteiger partial charge in [-0.1, -0.05) is 0 Å². The molecule has 1 amide bonds. The molecule has 4 rings (SSSR count). The van der Waals surface area contributed by atoms with Crippen LogP contribution in [0.5, 0.6) is 5.75 Å². The van der Waals surface area contributed by atoms with Crippen molar-refractivity contribution >= 4 is 28.9 Å². The molecule has 4 N–H and O–H groups in total. The molecule has 1 aliphatic heterocycles. The van der Waals surface area contributed by atoms with Gasteiger partial charge in [0.15, 0.2) is 12.0 Å². The highest BCUT2D eigenvalue weighted by Crippen LogP contribution is 2.29. The van der Waals surface area contributed by atoms with Crippen LogP contribution in [-0.2, 0) is 4.79 Å². The van der Waals surface area contributed by atoms with E-state index in [1.807, 2.05) is 18.2 Å². The summed E-state index contributed by atoms with van der Waals surface area (Å²) in [5.41, 5.74) is 3.45. The monoisotopic (exact) mass is 518 g/mol. The first-order valence-electron chi connectivity index (χ1n) is 11.9. The summed E-state index contributed by atoms with van der Waals surface area (Å²) in [6.45, 7) is 1.13. The molecule has 1 aromatic heterocycles. The molecule has 0 saturated carbocycles. The van der Waals surface area contributed by atoms with Crippen LogP contribution >= 0.6 is 0 Å². The van der Waals surface area contributed by atoms with E-state index in [1.165, 1.54) is 11.2 Å². The molecule has 0 radical (unpaired) electrons. The van der Waals surface area contributed by atoms with E-state index in [1.54, 1.807) is 32.2 Å². The number of carbonyl (C=O) groups excluding carboxylic acids is 1. The van der Waals surface area contributed by atoms with Crippen molar-refractivity contribution in [1.82, 2.24) is 19.9 Å². The summed E-state index contributed by atoms with van der Waals surface area (Å²) in [6, 6.07) is 12.4. The number of piperidine rings is 1. The van der Waals surface area contributed by atoms with Crippen LogP contribution in [0.2, 0.25) is 0 Å². The quantitative estimate of drug-likeness (QED) is 0.329. The fourth-order valence-corrected chi connectivity index (χ4v) is 4.15. The SMILES string of the molecule is CNc1cc(Nc2ncnc(-c3ccc(OC4CCN(C(=O)CO)CC4F)c(C#N)c3)n2)ccc1C(C)=N. The zero-order chi connectivity index (χ0) is 27.2. The van der Waals surface area contributed by atoms with Crippen molar-refractivity contribution in [2.45, 2.75) is 25.6 Å². The van der Waals surface area contributed by atoms with Crippen molar-refractivity contribution in [3.63, 3.8) is 0 Å². The van der Waals surface area contributed by atoms with Crippen LogP contribution < -0.4 is 15.4 Å². The van der Waals surface area contributed by atoms with Crippen LogP contribution in [0.15, 0.2) is 42.7 Å². The van der Waals surface area contributed by atoms with E-state index >= 15 is 0 Å². The Hall–Kier alpha value is -4.63. The van der Waals surface area contributed by atoms with Gasteiger partial charge in [-0.2, -0.15) is 10.2 Å². The lowest BCUT2D eigenvalue weighted by atomic mass is 10.0. The number of ether oxygens (including phenoxy) is 1. The summed E-state index contributed by atoms with van der Waals surface area (Å²) < 4.78 is 20.5. The maximum Gasteiger partial charge on any atom is 0.248 e. The lowest BCUT2D eigenvalue weighted by Gasteiger charge is -2.34. The van der Waals surface area contributed by atoms with E-state index in [0.29, 0.717) is 28.7 Å². The number of anilines is 3. The van der Waals surface area contributed by atoms with E-state index in [2.05, 4.69) is 31.7 Å². The Kier molecular flexibility index (Phi) is 8.08. The number of amides is 1. The van der Waals surface area contributed by atoms with Gasteiger partial charge in [0.25, 0.3) is 0 Å². The van der Waals surface area contributed by atoms with E-state index in [0.717, 1.165) is 11.3 Å². The summed E-state index contributed by atoms with van der Waals surface area (Å²) in [5.74, 6) is 0.310. The Balaban J connectivity index is 1.50. The fraction of sp³-hybridized carbons (Fsp3) is 0.308. The molecule has 12 heteroatoms. The number of nitriles is 1. The average Bonchev–Trinajstić information content (AvgIpc) is 2.93. The van der Waals surface area contributed by atoms with Crippen molar-refractivity contribution in [2.24, 2.45) is 0 Å². The van der Waals surface area contributed by atoms with Gasteiger partial charge in [0.1, 0.15) is 30.9 Å². The predicted octanol–water partition coefficient (Wildman–Crippen LogP) is 2.89. The van der Waals surface area contributed by atoms with Gasteiger partial charge in [-0.05, 0) is 43.3 Å². The minimum Gasteiger partial charge on any atom is -0.486 e. The first kappa shape index (κ1) is 26.4. The second-order valence-corrected chi connectivity index (χ2v) is 8.67. The van der Waals surface area contributed by atoms with Gasteiger partial charge in [-0.25, -0.2) is 14.4 Å². The van der Waals surface area contributed by atoms with Gasteiger partial charge >= 0.3 is 0 Å². The zero-order valence-corrected chi connectivity index (χ0v) is 20.9. The van der Waals surface area contributed by atoms with Gasteiger partial charge in [0.2, 0.25) is 11.9 Å². The maximum atomic E-state index is 14.7. The van der Waals surface area contributed by atoms with Gasteiger partial charge in [-0.3, -0.25) is 4.79 Å². The summed E-state index contributed by atoms with van der Waals surface area (Å²) in [5, 5.41) is 32.8. The number of hydrogen-bond acceptors (Lipinski definition) is 10. The van der Waals surface area contributed by atoms with Crippen molar-refractivity contribution in [3.8, 4) is 23.2 Å². The Morgan fingerprint density at radius 1 is 1.32 bits per heavy atom. The van der Waals surface area contributed by atoms with E-state index in [4.69, 9.17) is 15.3 Å². The molecule has 1 aliphatic rings. The molecule has 0 spiro atoms. The highest BCUT2D eigenvalue weighted by Gasteiger charge is 2.33. The van der Waals surface area contributed by atoms with E-state index in [9.17, 15) is 14.4 Å². The molecule has 3 aromatic rings. The number of nitrogens with one attached hydrogen (secondary N) is 3. The third kappa shape index (κ3) is 5.84. The number of benzene rings is 2. The third-order valence-corrected chi connectivity index (χ3v) is 6.13. The van der Waals surface area contributed by atoms with Gasteiger partial charge < -0.3 is 30.8 Å². The fourth-order valence-electron chi connectivity index (χ4n) is 4.15. The molecule has 38 heavy (non-hydrogen) atoms. The molecule has 0 aliphatic carbocycles. The normalized spacial score (nSPS) is 16.9. The molecule has 0 bridgehead atoms. The van der Waals surface area contributed by atoms with Crippen LogP contribution in [0.4, 0.5) is 21.7 Å². The van der Waals surface area contributed by atoms with Crippen LogP contribution in [0, 0.1) is 16.7 Å². The lowest BCUT2D eigenvalue weighted by Crippen LogP contribution is -2.50. The van der Waals surface area contributed by atoms with Crippen molar-refractivity contribution in [3.05, 3.63) is 53.9 Å². The first-order valence-corrected chi connectivity index (χ1v) is 11.9. The van der Waals surface area contributed by atoms with E-state index < -0.39 is 24.8 Å². The molecule has 1 fully saturated rings. The molecule has 196 valence electrons. The molecule has 2 unspecified atom stereocenters. The summed E-state index contributed by atoms with van der Waals surface area (Å²) in [6.07, 6.45) is -0.694. The van der Waals surface area contributed by atoms with Crippen LogP contribution in [0.25, 0.3) is 11.4 Å². The second-order valence-electron chi connectivity index (χ2n) is 8.67. The standard InChI is InChI=1S/C26H27FN8O3/c1-15(29)19-5-4-18(10-21(19)30-2)33-26-32-14-31-25(34-26)16-3-6-22(17(9-16)11-28)38-23-7-8-35(12-20(23)27)24(37)13-36/h3-6,9-10,14,20,23,29-30,36H,7-8,12-13H2,1-2H3,(H,31,32,33,34). The summed E-state index contributed by atoms with van der Waals surface area (Å²) >= 11 is 0. The van der Waals surface area contributed by atoms with Gasteiger partial charge in [0.05, 0.1) is 12.1 Å². The Morgan fingerprint density at radius 2 is 2.13 bits per heavy atom. The number of hydrogen-bond donors (Lipinski definition) is 4. The summed E-state index contributed by atoms with van der Waals surface area (Å²) in [7, 11) is 1.78. The number of aliphatic hydroxyl groups is 1. The molecule has 11 nitrogen and oxygen atoms in total. The number of nitrogens with zero attached hydrogens (tertiary/aromatic N) is 5. The van der Waals surface area contributed by atoms with E-state index in [-0.39, 0.29) is 30.8 Å². The summed E-state index contributed by atoms with van der Waals surface area (Å²) in [4.78, 5) is 25.7. The average molecular weight is 519 g/mol. The highest BCUT2D eigenvalue weighted by atomic mass is 19.1. The van der Waals surface area contributed by atoms with Gasteiger partial charge in [0, 0.05) is 48.2 Å². The molecule has 2 aromatic carbocycles. The number of likely N-dealkylation sites (tertiary alicyclic amines) is 1. The third-order valence-electron chi connectivity index (χ3n) is 6.13. The molecular weight excluding hydrogens is 491 g/mol. The van der Waals surface area contributed by atoms with Crippen LogP contribution in [0.3, 0.4) is 0 Å². The van der Waals surface area contributed by atoms with Crippen LogP contribution in [0.1, 0.15) is 24.5 Å². The predicted molar refractivity (Wildman–Crippen MR) is 139 cm³/mol. The Labute approximate surface area is 218 Å². The van der Waals surface area contributed by atoms with Gasteiger partial charge in [-0.15, -0.1) is 0 Å². The number of rotatable bonds is 8. The molecular formula is C26H27FN8O3. The lowest BCUT2D eigenvalue weighted by molar-refractivity contribution is -0.138. The Morgan fingerprint density at radius 3 is 2.82 bits per heavy atom. The maximum absolute atomic E-state index is 14.7. The number of carbonyl (C=O) groups is 1. The smallest absolute Gasteiger partial charge is 0.248 e. The topological polar surface area (TPSA) is 160 Å². The first-order chi connectivity index (χ1) is 18.3. The van der Waals surface area contributed by atoms with Crippen molar-refractivity contribution in [2.75, 3.05) is 37.4 Å². The highest BCUT2D eigenvalue weighted by molar-refractivity contribution is 6.02. The largest absolute Gasteiger partial charge is 0.486 e. The molecule has 2 heterocycles. The minimum atomic E-state index is -1.46. The number of aliphatic hydroxyl groups excluding tert-OH is 1. The molecule has 2 atom stereocenters. The number of aromatic nitrogens is 3. The number of halogens is 1. The van der Waals surface area contributed by atoms with Crippen molar-refractivity contribution in [1.29, 1.82) is 10.7 Å².